The number of rotatable bonds is 3. The van der Waals surface area contributed by atoms with E-state index in [1.54, 1.807) is 0 Å². The molecule has 1 aromatic heterocycles. The number of benzene rings is 1. The molecule has 2 aliphatic carbocycles. The van der Waals surface area contributed by atoms with E-state index in [2.05, 4.69) is 34.4 Å². The van der Waals surface area contributed by atoms with Crippen LogP contribution in [0.25, 0.3) is 5.57 Å². The van der Waals surface area contributed by atoms with Crippen LogP contribution in [-0.4, -0.2) is 45.0 Å². The van der Waals surface area contributed by atoms with Crippen LogP contribution in [0, 0.1) is 12.8 Å². The number of hydrogen-bond acceptors (Lipinski definition) is 7. The molecule has 0 spiro atoms. The smallest absolute Gasteiger partial charge is 0.134 e. The third kappa shape index (κ3) is 3.09. The summed E-state index contributed by atoms with van der Waals surface area (Å²) in [6, 6.07) is 4.24. The largest absolute Gasteiger partial charge is 0.487 e. The van der Waals surface area contributed by atoms with Crippen LogP contribution in [0.2, 0.25) is 0 Å². The quantitative estimate of drug-likeness (QED) is 0.611. The Morgan fingerprint density at radius 1 is 1.17 bits per heavy atom. The van der Waals surface area contributed by atoms with Crippen molar-refractivity contribution < 1.29 is 14.9 Å². The molecule has 0 bridgehead atoms. The van der Waals surface area contributed by atoms with Crippen LogP contribution < -0.4 is 15.8 Å². The Morgan fingerprint density at radius 3 is 2.83 bits per heavy atom. The number of aliphatic hydroxyl groups is 2. The van der Waals surface area contributed by atoms with Gasteiger partial charge in [-0.15, -0.1) is 0 Å². The van der Waals surface area contributed by atoms with Gasteiger partial charge in [0, 0.05) is 29.5 Å². The number of hydrogen-bond donors (Lipinski definition) is 4. The molecule has 1 aliphatic heterocycles. The first-order valence-corrected chi connectivity index (χ1v) is 10.6. The molecular formula is C23H28N4O3. The molecule has 7 heteroatoms. The third-order valence-electron chi connectivity index (χ3n) is 6.78. The van der Waals surface area contributed by atoms with Crippen LogP contribution >= 0.6 is 0 Å². The maximum absolute atomic E-state index is 10.9. The van der Waals surface area contributed by atoms with Crippen molar-refractivity contribution in [2.45, 2.75) is 57.5 Å². The van der Waals surface area contributed by atoms with Gasteiger partial charge in [0.05, 0.1) is 11.8 Å². The lowest BCUT2D eigenvalue weighted by Gasteiger charge is -2.25. The van der Waals surface area contributed by atoms with Crippen molar-refractivity contribution in [1.82, 2.24) is 15.3 Å². The fourth-order valence-corrected chi connectivity index (χ4v) is 5.31. The molecule has 158 valence electrons. The first-order valence-electron chi connectivity index (χ1n) is 10.6. The van der Waals surface area contributed by atoms with Crippen LogP contribution in [0.15, 0.2) is 24.5 Å². The summed E-state index contributed by atoms with van der Waals surface area (Å²) in [5.74, 6) is 0.945. The van der Waals surface area contributed by atoms with Gasteiger partial charge in [-0.05, 0) is 56.0 Å². The number of anilines is 1. The topological polar surface area (TPSA) is 114 Å². The summed E-state index contributed by atoms with van der Waals surface area (Å²) in [6.45, 7) is 5.76. The third-order valence-corrected chi connectivity index (χ3v) is 6.78. The van der Waals surface area contributed by atoms with E-state index < -0.39 is 18.3 Å². The molecule has 1 aromatic carbocycles. The Kier molecular flexibility index (Phi) is 4.76. The SMILES string of the molecule is CC1=CC(C2CC(Oc3cc(C)cc4c3CNCC4)[C@@H](O)[C@H]2O)c2ncnc(N)c21. The summed E-state index contributed by atoms with van der Waals surface area (Å²) in [4.78, 5) is 8.55. The van der Waals surface area contributed by atoms with E-state index in [-0.39, 0.29) is 11.8 Å². The zero-order chi connectivity index (χ0) is 21.0. The summed E-state index contributed by atoms with van der Waals surface area (Å²) in [6.07, 6.45) is 2.72. The van der Waals surface area contributed by atoms with Gasteiger partial charge in [-0.2, -0.15) is 0 Å². The van der Waals surface area contributed by atoms with Crippen LogP contribution in [0.5, 0.6) is 5.75 Å². The highest BCUT2D eigenvalue weighted by molar-refractivity contribution is 5.78. The van der Waals surface area contributed by atoms with Gasteiger partial charge < -0.3 is 26.0 Å². The predicted octanol–water partition coefficient (Wildman–Crippen LogP) is 1.70. The Morgan fingerprint density at radius 2 is 2.00 bits per heavy atom. The molecule has 1 fully saturated rings. The van der Waals surface area contributed by atoms with E-state index in [4.69, 9.17) is 10.5 Å². The number of nitrogens with zero attached hydrogens (tertiary/aromatic N) is 2. The highest BCUT2D eigenvalue weighted by Crippen LogP contribution is 2.47. The van der Waals surface area contributed by atoms with Gasteiger partial charge >= 0.3 is 0 Å². The number of ether oxygens (including phenoxy) is 1. The highest BCUT2D eigenvalue weighted by Gasteiger charge is 2.48. The second kappa shape index (κ2) is 7.34. The van der Waals surface area contributed by atoms with Gasteiger partial charge in [-0.25, -0.2) is 9.97 Å². The normalized spacial score (nSPS) is 30.0. The molecule has 2 heterocycles. The minimum atomic E-state index is -0.959. The van der Waals surface area contributed by atoms with E-state index >= 15 is 0 Å². The summed E-state index contributed by atoms with van der Waals surface area (Å²) < 4.78 is 6.34. The maximum atomic E-state index is 10.9. The molecule has 5 atom stereocenters. The van der Waals surface area contributed by atoms with E-state index in [1.165, 1.54) is 11.9 Å². The molecule has 0 saturated heterocycles. The van der Waals surface area contributed by atoms with Crippen molar-refractivity contribution >= 4 is 11.4 Å². The number of allylic oxidation sites excluding steroid dienone is 2. The van der Waals surface area contributed by atoms with E-state index in [0.717, 1.165) is 53.2 Å². The standard InChI is InChI=1S/C23H28N4O3/c1-11-5-13-3-4-25-9-16(13)17(6-11)30-18-8-15(21(28)22(18)29)14-7-12(2)19-20(14)26-10-27-23(19)24/h5-7,10,14-15,18,21-22,25,28-29H,3-4,8-9H2,1-2H3,(H2,24,26,27)/t14?,15?,18?,21-,22+/m0/s1. The number of nitrogens with two attached hydrogens (primary N) is 1. The average molecular weight is 409 g/mol. The average Bonchev–Trinajstić information content (AvgIpc) is 3.20. The fraction of sp³-hybridized carbons (Fsp3) is 0.478. The molecule has 30 heavy (non-hydrogen) atoms. The predicted molar refractivity (Wildman–Crippen MR) is 114 cm³/mol. The molecule has 7 nitrogen and oxygen atoms in total. The van der Waals surface area contributed by atoms with Gasteiger partial charge in [-0.3, -0.25) is 0 Å². The van der Waals surface area contributed by atoms with Crippen molar-refractivity contribution in [3.8, 4) is 5.75 Å². The number of nitrogen functional groups attached to an aromatic ring is 1. The Labute approximate surface area is 176 Å². The minimum absolute atomic E-state index is 0.114. The zero-order valence-corrected chi connectivity index (χ0v) is 17.3. The lowest BCUT2D eigenvalue weighted by atomic mass is 9.88. The van der Waals surface area contributed by atoms with Crippen LogP contribution in [0.1, 0.15) is 47.2 Å². The summed E-state index contributed by atoms with van der Waals surface area (Å²) in [5.41, 5.74) is 12.3. The molecule has 1 saturated carbocycles. The Balaban J connectivity index is 1.42. The van der Waals surface area contributed by atoms with Crippen LogP contribution in [0.3, 0.4) is 0 Å². The molecular weight excluding hydrogens is 380 g/mol. The van der Waals surface area contributed by atoms with Crippen molar-refractivity contribution in [2.75, 3.05) is 12.3 Å². The van der Waals surface area contributed by atoms with Crippen molar-refractivity contribution in [1.29, 1.82) is 0 Å². The summed E-state index contributed by atoms with van der Waals surface area (Å²) >= 11 is 0. The highest BCUT2D eigenvalue weighted by atomic mass is 16.5. The van der Waals surface area contributed by atoms with Gasteiger partial charge in [-0.1, -0.05) is 12.1 Å². The number of aromatic nitrogens is 2. The molecule has 0 amide bonds. The van der Waals surface area contributed by atoms with Crippen molar-refractivity contribution in [3.05, 3.63) is 52.5 Å². The number of nitrogens with one attached hydrogen (secondary N) is 1. The van der Waals surface area contributed by atoms with E-state index in [9.17, 15) is 10.2 Å². The lowest BCUT2D eigenvalue weighted by molar-refractivity contribution is -0.0196. The van der Waals surface area contributed by atoms with Crippen molar-refractivity contribution in [3.63, 3.8) is 0 Å². The second-order valence-electron chi connectivity index (χ2n) is 8.76. The fourth-order valence-electron chi connectivity index (χ4n) is 5.31. The molecule has 0 radical (unpaired) electrons. The van der Waals surface area contributed by atoms with Gasteiger partial charge in [0.2, 0.25) is 0 Å². The van der Waals surface area contributed by atoms with Crippen LogP contribution in [-0.2, 0) is 13.0 Å². The summed E-state index contributed by atoms with van der Waals surface area (Å²) in [5, 5.41) is 25.1. The monoisotopic (exact) mass is 408 g/mol. The first kappa shape index (κ1) is 19.5. The van der Waals surface area contributed by atoms with Crippen molar-refractivity contribution in [2.24, 2.45) is 5.92 Å². The molecule has 5 N–H and O–H groups in total. The van der Waals surface area contributed by atoms with Crippen LogP contribution in [0.4, 0.5) is 5.82 Å². The van der Waals surface area contributed by atoms with E-state index in [0.29, 0.717) is 12.2 Å². The minimum Gasteiger partial charge on any atom is -0.487 e. The number of aryl methyl sites for hydroxylation is 1. The van der Waals surface area contributed by atoms with Gasteiger partial charge in [0.1, 0.15) is 30.1 Å². The maximum Gasteiger partial charge on any atom is 0.134 e. The van der Waals surface area contributed by atoms with Gasteiger partial charge in [0.25, 0.3) is 0 Å². The van der Waals surface area contributed by atoms with E-state index in [1.807, 2.05) is 13.0 Å². The lowest BCUT2D eigenvalue weighted by Crippen LogP contribution is -2.35. The number of fused-ring (bicyclic) bond motifs is 2. The Hall–Kier alpha value is -2.48. The zero-order valence-electron chi connectivity index (χ0n) is 17.3. The second-order valence-corrected chi connectivity index (χ2v) is 8.76. The molecule has 2 aromatic rings. The van der Waals surface area contributed by atoms with Gasteiger partial charge in [0.15, 0.2) is 0 Å². The molecule has 5 rings (SSSR count). The summed E-state index contributed by atoms with van der Waals surface area (Å²) in [7, 11) is 0. The number of aliphatic hydroxyl groups excluding tert-OH is 2. The Bertz CT molecular complexity index is 1020. The first-order chi connectivity index (χ1) is 14.4. The molecule has 3 aliphatic rings. The molecule has 3 unspecified atom stereocenters.